The summed E-state index contributed by atoms with van der Waals surface area (Å²) in [7, 11) is 7.30. The van der Waals surface area contributed by atoms with Crippen LogP contribution in [0.5, 0.6) is 11.5 Å². The predicted molar refractivity (Wildman–Crippen MR) is 140 cm³/mol. The van der Waals surface area contributed by atoms with Crippen LogP contribution < -0.4 is 14.7 Å². The van der Waals surface area contributed by atoms with E-state index >= 15 is 0 Å². The van der Waals surface area contributed by atoms with Crippen LogP contribution in [0, 0.1) is 11.8 Å². The first-order chi connectivity index (χ1) is 17.0. The Bertz CT molecular complexity index is 1010. The van der Waals surface area contributed by atoms with E-state index in [9.17, 15) is 0 Å². The summed E-state index contributed by atoms with van der Waals surface area (Å²) in [5.74, 6) is 2.35. The van der Waals surface area contributed by atoms with Gasteiger partial charge in [0.2, 0.25) is 7.41 Å². The Morgan fingerprint density at radius 3 is 1.77 bits per heavy atom. The summed E-state index contributed by atoms with van der Waals surface area (Å²) in [5, 5.41) is 3.14. The molecule has 1 aliphatic rings. The number of nitrogens with one attached hydrogen (secondary N) is 1. The second-order valence-electron chi connectivity index (χ2n) is 9.13. The van der Waals surface area contributed by atoms with Crippen LogP contribution in [0.1, 0.15) is 30.5 Å². The molecule has 0 amide bonds. The molecule has 1 radical (unpaired) electrons. The molecule has 0 spiro atoms. The first kappa shape index (κ1) is 25.3. The highest BCUT2D eigenvalue weighted by Crippen LogP contribution is 2.43. The van der Waals surface area contributed by atoms with Crippen molar-refractivity contribution in [2.75, 3.05) is 27.9 Å². The van der Waals surface area contributed by atoms with Gasteiger partial charge in [0.1, 0.15) is 17.1 Å². The average Bonchev–Trinajstić information content (AvgIpc) is 3.18. The van der Waals surface area contributed by atoms with E-state index < -0.39 is 5.60 Å². The van der Waals surface area contributed by atoms with Crippen LogP contribution in [-0.2, 0) is 15.1 Å². The molecule has 1 fully saturated rings. The van der Waals surface area contributed by atoms with Crippen molar-refractivity contribution in [1.82, 2.24) is 5.23 Å². The summed E-state index contributed by atoms with van der Waals surface area (Å²) in [4.78, 5) is 0. The van der Waals surface area contributed by atoms with Crippen molar-refractivity contribution in [2.45, 2.75) is 31.6 Å². The molecule has 5 nitrogen and oxygen atoms in total. The Hall–Kier alpha value is -2.80. The third kappa shape index (κ3) is 5.11. The lowest BCUT2D eigenvalue weighted by molar-refractivity contribution is -0.0593. The molecule has 3 aromatic rings. The Morgan fingerprint density at radius 2 is 1.29 bits per heavy atom. The molecular formula is C29H35BNO4. The smallest absolute Gasteiger partial charge is 0.241 e. The van der Waals surface area contributed by atoms with Gasteiger partial charge < -0.3 is 24.2 Å². The summed E-state index contributed by atoms with van der Waals surface area (Å²) < 4.78 is 24.3. The fraction of sp³-hybridized carbons (Fsp3) is 0.379. The van der Waals surface area contributed by atoms with E-state index in [4.69, 9.17) is 18.9 Å². The molecule has 4 rings (SSSR count). The number of methoxy groups -OCH3 is 2. The normalized spacial score (nSPS) is 22.1. The minimum Gasteiger partial charge on any atom is -0.497 e. The van der Waals surface area contributed by atoms with Crippen molar-refractivity contribution in [3.05, 3.63) is 95.6 Å². The second kappa shape index (κ2) is 11.3. The summed E-state index contributed by atoms with van der Waals surface area (Å²) in [6.07, 6.45) is -0.0285. The van der Waals surface area contributed by atoms with E-state index in [1.54, 1.807) is 14.2 Å². The van der Waals surface area contributed by atoms with Crippen LogP contribution in [0.15, 0.2) is 78.9 Å². The van der Waals surface area contributed by atoms with Crippen LogP contribution in [0.3, 0.4) is 0 Å². The summed E-state index contributed by atoms with van der Waals surface area (Å²) in [6, 6.07) is 26.7. The molecule has 3 aromatic carbocycles. The molecule has 0 bridgehead atoms. The predicted octanol–water partition coefficient (Wildman–Crippen LogP) is 4.85. The maximum Gasteiger partial charge on any atom is 0.241 e. The largest absolute Gasteiger partial charge is 0.497 e. The van der Waals surface area contributed by atoms with Crippen LogP contribution in [0.25, 0.3) is 0 Å². The van der Waals surface area contributed by atoms with Gasteiger partial charge in [0.25, 0.3) is 0 Å². The average molecular weight is 472 g/mol. The zero-order valence-electron chi connectivity index (χ0n) is 21.2. The van der Waals surface area contributed by atoms with Gasteiger partial charge >= 0.3 is 0 Å². The van der Waals surface area contributed by atoms with E-state index in [-0.39, 0.29) is 12.1 Å². The third-order valence-electron chi connectivity index (χ3n) is 7.23. The highest BCUT2D eigenvalue weighted by Gasteiger charge is 2.43. The lowest BCUT2D eigenvalue weighted by Crippen LogP contribution is -2.37. The fourth-order valence-electron chi connectivity index (χ4n) is 4.92. The number of rotatable bonds is 10. The van der Waals surface area contributed by atoms with Crippen LogP contribution in [0.4, 0.5) is 0 Å². The van der Waals surface area contributed by atoms with Crippen molar-refractivity contribution in [2.24, 2.45) is 11.8 Å². The number of hydrogen-bond acceptors (Lipinski definition) is 5. The van der Waals surface area contributed by atoms with Crippen LogP contribution in [-0.4, -0.2) is 47.4 Å². The number of ether oxygens (including phenoxy) is 4. The monoisotopic (exact) mass is 472 g/mol. The molecule has 0 aliphatic carbocycles. The molecule has 1 heterocycles. The summed E-state index contributed by atoms with van der Waals surface area (Å²) in [5.41, 5.74) is 2.25. The molecule has 1 aliphatic heterocycles. The highest BCUT2D eigenvalue weighted by atomic mass is 16.6. The van der Waals surface area contributed by atoms with Crippen molar-refractivity contribution in [3.63, 3.8) is 0 Å². The van der Waals surface area contributed by atoms with Gasteiger partial charge in [-0.05, 0) is 59.8 Å². The summed E-state index contributed by atoms with van der Waals surface area (Å²) in [6.45, 7) is 4.93. The zero-order valence-corrected chi connectivity index (χ0v) is 21.2. The van der Waals surface area contributed by atoms with Crippen molar-refractivity contribution in [1.29, 1.82) is 0 Å². The summed E-state index contributed by atoms with van der Waals surface area (Å²) >= 11 is 0. The maximum atomic E-state index is 7.02. The van der Waals surface area contributed by atoms with Gasteiger partial charge in [0, 0.05) is 6.00 Å². The van der Waals surface area contributed by atoms with E-state index in [2.05, 4.69) is 67.6 Å². The zero-order chi connectivity index (χ0) is 24.8. The van der Waals surface area contributed by atoms with Gasteiger partial charge in [0.05, 0.1) is 26.9 Å². The van der Waals surface area contributed by atoms with Gasteiger partial charge in [-0.25, -0.2) is 0 Å². The van der Waals surface area contributed by atoms with E-state index in [1.165, 1.54) is 0 Å². The maximum absolute atomic E-state index is 7.02. The fourth-order valence-corrected chi connectivity index (χ4v) is 4.92. The minimum atomic E-state index is -0.836. The van der Waals surface area contributed by atoms with Crippen LogP contribution >= 0.6 is 0 Å². The van der Waals surface area contributed by atoms with Gasteiger partial charge in [-0.15, -0.1) is 0 Å². The quantitative estimate of drug-likeness (QED) is 0.338. The first-order valence-corrected chi connectivity index (χ1v) is 12.2. The highest BCUT2D eigenvalue weighted by molar-refractivity contribution is 6.34. The van der Waals surface area contributed by atoms with E-state index in [1.807, 2.05) is 44.8 Å². The SMILES string of the molecule is CN[B][C@@H]1O[C@H](COC(c2ccccc2)(c2ccc(OC)cc2)c2ccc(OC)cc2)C(C)[C@@H]1C. The van der Waals surface area contributed by atoms with Gasteiger partial charge in [-0.2, -0.15) is 0 Å². The van der Waals surface area contributed by atoms with Gasteiger partial charge in [0.15, 0.2) is 0 Å². The number of benzene rings is 3. The van der Waals surface area contributed by atoms with Crippen molar-refractivity contribution >= 4 is 7.41 Å². The molecule has 35 heavy (non-hydrogen) atoms. The van der Waals surface area contributed by atoms with Crippen molar-refractivity contribution < 1.29 is 18.9 Å². The third-order valence-corrected chi connectivity index (χ3v) is 7.23. The van der Waals surface area contributed by atoms with Crippen molar-refractivity contribution in [3.8, 4) is 11.5 Å². The Kier molecular flexibility index (Phi) is 8.17. The molecule has 1 unspecified atom stereocenters. The number of hydrogen-bond donors (Lipinski definition) is 1. The molecule has 1 saturated heterocycles. The molecule has 1 N–H and O–H groups in total. The first-order valence-electron chi connectivity index (χ1n) is 12.2. The van der Waals surface area contributed by atoms with Gasteiger partial charge in [-0.3, -0.25) is 0 Å². The topological polar surface area (TPSA) is 49.0 Å². The molecule has 0 saturated carbocycles. The molecule has 183 valence electrons. The van der Waals surface area contributed by atoms with Crippen LogP contribution in [0.2, 0.25) is 0 Å². The lowest BCUT2D eigenvalue weighted by Gasteiger charge is -2.37. The molecule has 4 atom stereocenters. The molecule has 6 heteroatoms. The second-order valence-corrected chi connectivity index (χ2v) is 9.13. The standard InChI is InChI=1S/C29H35BNO4/c1-20-21(2)28(30-31-3)35-27(20)19-34-29(22-9-7-6-8-10-22,23-11-15-25(32-4)16-12-23)24-13-17-26(33-5)18-14-24/h6-18,20-21,27-28,31H,19H2,1-5H3/t20?,21-,27+,28+/m0/s1. The van der Waals surface area contributed by atoms with E-state index in [0.29, 0.717) is 18.4 Å². The lowest BCUT2D eigenvalue weighted by atomic mass is 9.74. The molecular weight excluding hydrogens is 437 g/mol. The van der Waals surface area contributed by atoms with Gasteiger partial charge in [-0.1, -0.05) is 68.4 Å². The Morgan fingerprint density at radius 1 is 0.771 bits per heavy atom. The van der Waals surface area contributed by atoms with E-state index in [0.717, 1.165) is 28.2 Å². The minimum absolute atomic E-state index is 0.0285. The Balaban J connectivity index is 1.79. The Labute approximate surface area is 210 Å². The molecule has 0 aromatic heterocycles.